The Balaban J connectivity index is 1.73. The van der Waals surface area contributed by atoms with E-state index in [-0.39, 0.29) is 20.7 Å². The van der Waals surface area contributed by atoms with Gasteiger partial charge in [0.05, 0.1) is 20.3 Å². The summed E-state index contributed by atoms with van der Waals surface area (Å²) >= 11 is -0.134. The van der Waals surface area contributed by atoms with Crippen molar-refractivity contribution in [3.05, 3.63) is 84.5 Å². The van der Waals surface area contributed by atoms with Gasteiger partial charge in [-0.2, -0.15) is 0 Å². The Kier molecular flexibility index (Phi) is 3.76. The Labute approximate surface area is 173 Å². The second-order valence-electron chi connectivity index (χ2n) is 7.23. The number of H-pyrrole nitrogens is 1. The average Bonchev–Trinajstić information content (AvgIpc) is 3.29. The van der Waals surface area contributed by atoms with Crippen molar-refractivity contribution in [3.63, 3.8) is 0 Å². The second-order valence-corrected chi connectivity index (χ2v) is 9.68. The number of rotatable bonds is 2. The summed E-state index contributed by atoms with van der Waals surface area (Å²) in [5.41, 5.74) is 7.86. The van der Waals surface area contributed by atoms with Crippen molar-refractivity contribution in [3.8, 4) is 0 Å². The summed E-state index contributed by atoms with van der Waals surface area (Å²) in [6.45, 7) is 0. The normalized spacial score (nSPS) is 16.6. The van der Waals surface area contributed by atoms with E-state index in [9.17, 15) is 0 Å². The Morgan fingerprint density at radius 1 is 0.929 bits per heavy atom. The Morgan fingerprint density at radius 3 is 2.75 bits per heavy atom. The van der Waals surface area contributed by atoms with Crippen molar-refractivity contribution in [2.45, 2.75) is 12.8 Å². The first-order chi connectivity index (χ1) is 13.9. The van der Waals surface area contributed by atoms with E-state index >= 15 is 0 Å². The van der Waals surface area contributed by atoms with Crippen LogP contribution in [0.25, 0.3) is 42.1 Å². The van der Waals surface area contributed by atoms with Gasteiger partial charge in [0.2, 0.25) is 0 Å². The van der Waals surface area contributed by atoms with Crippen LogP contribution in [-0.4, -0.2) is 13.6 Å². The highest BCUT2D eigenvalue weighted by Gasteiger charge is 2.18. The number of nitrogens with one attached hydrogen (secondary N) is 1. The molecule has 0 spiro atoms. The zero-order valence-corrected chi connectivity index (χ0v) is 17.5. The predicted octanol–water partition coefficient (Wildman–Crippen LogP) is 7.15. The SMILES string of the molecule is C1=CC=C(n2c3ccc(C4=CC=CCC4)cc3c3[nH]c4ccccc4c32)I=C1. The van der Waals surface area contributed by atoms with E-state index < -0.39 is 0 Å². The minimum absolute atomic E-state index is 0.134. The zero-order valence-electron chi connectivity index (χ0n) is 15.3. The summed E-state index contributed by atoms with van der Waals surface area (Å²) in [6.07, 6.45) is 15.6. The predicted molar refractivity (Wildman–Crippen MR) is 131 cm³/mol. The number of para-hydroxylation sites is 1. The number of allylic oxidation sites excluding steroid dienone is 7. The molecule has 1 aliphatic heterocycles. The van der Waals surface area contributed by atoms with Gasteiger partial charge in [0.15, 0.2) is 0 Å². The molecule has 3 heterocycles. The zero-order chi connectivity index (χ0) is 18.5. The maximum absolute atomic E-state index is 3.71. The average molecular weight is 474 g/mol. The molecule has 0 bridgehead atoms. The van der Waals surface area contributed by atoms with Crippen LogP contribution in [0.5, 0.6) is 0 Å². The van der Waals surface area contributed by atoms with E-state index in [2.05, 4.69) is 92.5 Å². The molecular formula is C25H19IN2. The molecule has 3 heteroatoms. The third kappa shape index (κ3) is 2.42. The van der Waals surface area contributed by atoms with Gasteiger partial charge in [-0.25, -0.2) is 0 Å². The number of fused-ring (bicyclic) bond motifs is 5. The summed E-state index contributed by atoms with van der Waals surface area (Å²) in [5.74, 6) is 0. The third-order valence-corrected chi connectivity index (χ3v) is 7.85. The number of aromatic amines is 1. The molecule has 0 saturated carbocycles. The molecular weight excluding hydrogens is 455 g/mol. The Hall–Kier alpha value is -2.66. The Morgan fingerprint density at radius 2 is 1.89 bits per heavy atom. The molecule has 1 N–H and O–H groups in total. The molecule has 0 saturated heterocycles. The van der Waals surface area contributed by atoms with Crippen molar-refractivity contribution >= 4 is 66.9 Å². The summed E-state index contributed by atoms with van der Waals surface area (Å²) in [5, 5.41) is 2.62. The largest absolute Gasteiger partial charge is 0.353 e. The van der Waals surface area contributed by atoms with Crippen molar-refractivity contribution in [1.29, 1.82) is 0 Å². The number of aromatic nitrogens is 2. The van der Waals surface area contributed by atoms with Crippen LogP contribution in [0.1, 0.15) is 18.4 Å². The summed E-state index contributed by atoms with van der Waals surface area (Å²) in [7, 11) is 0. The Bertz CT molecular complexity index is 1400. The van der Waals surface area contributed by atoms with Crippen molar-refractivity contribution < 1.29 is 0 Å². The molecule has 0 radical (unpaired) electrons. The van der Waals surface area contributed by atoms with Crippen LogP contribution in [0.3, 0.4) is 0 Å². The van der Waals surface area contributed by atoms with Gasteiger partial charge in [-0.05, 0) is 52.3 Å². The lowest BCUT2D eigenvalue weighted by atomic mass is 9.96. The standard InChI is InChI=1S/C25H19IN2/c1-2-8-17(9-3-1)18-13-14-22-20(16-18)24-25(19-10-4-5-11-21(19)27-24)28(22)23-12-6-7-15-26-23/h1-2,4-8,10-16,27H,3,9H2. The number of hydrogen-bond donors (Lipinski definition) is 1. The molecule has 0 fully saturated rings. The third-order valence-electron chi connectivity index (χ3n) is 5.60. The van der Waals surface area contributed by atoms with Crippen molar-refractivity contribution in [2.75, 3.05) is 0 Å². The molecule has 0 amide bonds. The highest BCUT2D eigenvalue weighted by molar-refractivity contribution is 14.2. The first-order valence-corrected chi connectivity index (χ1v) is 12.0. The van der Waals surface area contributed by atoms with E-state index in [4.69, 9.17) is 0 Å². The summed E-state index contributed by atoms with van der Waals surface area (Å²) < 4.78 is 6.27. The minimum atomic E-state index is -0.134. The van der Waals surface area contributed by atoms with E-state index in [1.54, 1.807) is 0 Å². The van der Waals surface area contributed by atoms with Crippen LogP contribution in [0.4, 0.5) is 0 Å². The summed E-state index contributed by atoms with van der Waals surface area (Å²) in [6, 6.07) is 15.7. The minimum Gasteiger partial charge on any atom is -0.353 e. The maximum Gasteiger partial charge on any atom is 0.0801 e. The second kappa shape index (κ2) is 6.45. The van der Waals surface area contributed by atoms with E-state index in [0.717, 1.165) is 12.8 Å². The van der Waals surface area contributed by atoms with Gasteiger partial charge in [0, 0.05) is 16.3 Å². The fourth-order valence-electron chi connectivity index (χ4n) is 4.31. The van der Waals surface area contributed by atoms with Gasteiger partial charge in [-0.1, -0.05) is 75.4 Å². The molecule has 2 nitrogen and oxygen atoms in total. The lowest BCUT2D eigenvalue weighted by molar-refractivity contribution is 1.05. The van der Waals surface area contributed by atoms with Gasteiger partial charge in [-0.15, -0.1) is 0 Å². The van der Waals surface area contributed by atoms with Gasteiger partial charge in [-0.3, -0.25) is 0 Å². The number of halogens is 1. The molecule has 28 heavy (non-hydrogen) atoms. The lowest BCUT2D eigenvalue weighted by Gasteiger charge is -2.11. The highest BCUT2D eigenvalue weighted by Crippen LogP contribution is 2.40. The van der Waals surface area contributed by atoms with Crippen molar-refractivity contribution in [2.24, 2.45) is 0 Å². The fourth-order valence-corrected chi connectivity index (χ4v) is 6.32. The summed E-state index contributed by atoms with van der Waals surface area (Å²) in [4.78, 5) is 3.71. The molecule has 2 aromatic carbocycles. The molecule has 0 unspecified atom stereocenters. The van der Waals surface area contributed by atoms with Crippen LogP contribution >= 0.6 is 20.7 Å². The molecule has 0 atom stereocenters. The van der Waals surface area contributed by atoms with E-state index in [1.807, 2.05) is 0 Å². The van der Waals surface area contributed by atoms with Crippen LogP contribution in [0.2, 0.25) is 0 Å². The van der Waals surface area contributed by atoms with Crippen LogP contribution in [0.15, 0.2) is 78.9 Å². The monoisotopic (exact) mass is 474 g/mol. The molecule has 2 aromatic heterocycles. The molecule has 2 aliphatic rings. The van der Waals surface area contributed by atoms with Gasteiger partial charge in [0.1, 0.15) is 0 Å². The van der Waals surface area contributed by atoms with Crippen LogP contribution in [-0.2, 0) is 0 Å². The van der Waals surface area contributed by atoms with E-state index in [0.29, 0.717) is 0 Å². The fraction of sp³-hybridized carbons (Fsp3) is 0.0800. The molecule has 136 valence electrons. The molecule has 4 aromatic rings. The van der Waals surface area contributed by atoms with Crippen LogP contribution in [0, 0.1) is 0 Å². The first kappa shape index (κ1) is 16.3. The highest BCUT2D eigenvalue weighted by atomic mass is 127. The maximum atomic E-state index is 3.71. The molecule has 6 rings (SSSR count). The number of nitrogens with zero attached hydrogens (tertiary/aromatic N) is 1. The van der Waals surface area contributed by atoms with Gasteiger partial charge in [0.25, 0.3) is 0 Å². The first-order valence-electron chi connectivity index (χ1n) is 9.65. The quantitative estimate of drug-likeness (QED) is 0.298. The topological polar surface area (TPSA) is 20.7 Å². The van der Waals surface area contributed by atoms with Crippen LogP contribution < -0.4 is 0 Å². The lowest BCUT2D eigenvalue weighted by Crippen LogP contribution is -1.93. The smallest absolute Gasteiger partial charge is 0.0801 e. The van der Waals surface area contributed by atoms with Crippen molar-refractivity contribution in [1.82, 2.24) is 9.55 Å². The molecule has 1 aliphatic carbocycles. The number of benzene rings is 2. The van der Waals surface area contributed by atoms with Gasteiger partial charge >= 0.3 is 0 Å². The van der Waals surface area contributed by atoms with E-state index in [1.165, 1.54) is 47.7 Å². The number of hydrogen-bond acceptors (Lipinski definition) is 0. The van der Waals surface area contributed by atoms with Gasteiger partial charge < -0.3 is 9.55 Å².